The molecule has 2 aromatic carbocycles. The van der Waals surface area contributed by atoms with Crippen LogP contribution >= 0.6 is 39.1 Å². The lowest BCUT2D eigenvalue weighted by atomic mass is 10.2. The number of anilines is 1. The Balaban J connectivity index is 2.17. The molecule has 0 atom stereocenters. The van der Waals surface area contributed by atoms with Gasteiger partial charge in [-0.3, -0.25) is 10.1 Å². The number of hydrogen-bond acceptors (Lipinski definition) is 3. The number of rotatable bonds is 4. The van der Waals surface area contributed by atoms with Crippen LogP contribution in [0.15, 0.2) is 40.9 Å². The lowest BCUT2D eigenvalue weighted by Crippen LogP contribution is -2.01. The van der Waals surface area contributed by atoms with Gasteiger partial charge in [-0.1, -0.05) is 29.3 Å². The molecule has 0 saturated heterocycles. The number of nitrogens with one attached hydrogen (secondary N) is 1. The van der Waals surface area contributed by atoms with E-state index in [4.69, 9.17) is 23.2 Å². The molecule has 4 nitrogen and oxygen atoms in total. The Bertz CT molecular complexity index is 665. The zero-order chi connectivity index (χ0) is 14.7. The van der Waals surface area contributed by atoms with Gasteiger partial charge in [0.05, 0.1) is 20.1 Å². The van der Waals surface area contributed by atoms with Crippen LogP contribution in [0.25, 0.3) is 0 Å². The second-order valence-corrected chi connectivity index (χ2v) is 5.72. The quantitative estimate of drug-likeness (QED) is 0.584. The van der Waals surface area contributed by atoms with Crippen molar-refractivity contribution in [1.29, 1.82) is 0 Å². The lowest BCUT2D eigenvalue weighted by molar-refractivity contribution is -0.385. The highest BCUT2D eigenvalue weighted by atomic mass is 79.9. The summed E-state index contributed by atoms with van der Waals surface area (Å²) in [5.41, 5.74) is 1.49. The number of hydrogen-bond donors (Lipinski definition) is 1. The second-order valence-electron chi connectivity index (χ2n) is 4.02. The molecule has 0 aliphatic carbocycles. The highest BCUT2D eigenvalue weighted by Gasteiger charge is 2.12. The predicted octanol–water partition coefficient (Wildman–Crippen LogP) is 5.28. The van der Waals surface area contributed by atoms with Gasteiger partial charge in [0.1, 0.15) is 0 Å². The third kappa shape index (κ3) is 3.62. The molecule has 0 amide bonds. The van der Waals surface area contributed by atoms with E-state index >= 15 is 0 Å². The van der Waals surface area contributed by atoms with Crippen LogP contribution in [-0.4, -0.2) is 4.92 Å². The molecule has 0 aromatic heterocycles. The number of benzene rings is 2. The van der Waals surface area contributed by atoms with Crippen molar-refractivity contribution in [3.8, 4) is 0 Å². The summed E-state index contributed by atoms with van der Waals surface area (Å²) < 4.78 is 0.451. The summed E-state index contributed by atoms with van der Waals surface area (Å²) in [4.78, 5) is 10.4. The third-order valence-corrected chi connectivity index (χ3v) is 3.85. The minimum atomic E-state index is -0.431. The van der Waals surface area contributed by atoms with Gasteiger partial charge < -0.3 is 5.32 Å². The largest absolute Gasteiger partial charge is 0.380 e. The van der Waals surface area contributed by atoms with Crippen molar-refractivity contribution in [3.05, 3.63) is 66.6 Å². The smallest absolute Gasteiger partial charge is 0.283 e. The van der Waals surface area contributed by atoms with Crippen molar-refractivity contribution in [2.24, 2.45) is 0 Å². The Morgan fingerprint density at radius 2 is 1.95 bits per heavy atom. The summed E-state index contributed by atoms with van der Waals surface area (Å²) >= 11 is 15.1. The molecule has 7 heteroatoms. The average Bonchev–Trinajstić information content (AvgIpc) is 2.41. The van der Waals surface area contributed by atoms with Gasteiger partial charge in [0.15, 0.2) is 0 Å². The summed E-state index contributed by atoms with van der Waals surface area (Å²) in [6, 6.07) is 10.0. The summed E-state index contributed by atoms with van der Waals surface area (Å²) in [5.74, 6) is 0. The van der Waals surface area contributed by atoms with Gasteiger partial charge in [-0.25, -0.2) is 0 Å². The highest BCUT2D eigenvalue weighted by Crippen LogP contribution is 2.28. The average molecular weight is 376 g/mol. The van der Waals surface area contributed by atoms with Crippen molar-refractivity contribution >= 4 is 50.5 Å². The van der Waals surface area contributed by atoms with E-state index in [2.05, 4.69) is 21.2 Å². The fraction of sp³-hybridized carbons (Fsp3) is 0.0769. The van der Waals surface area contributed by atoms with Crippen LogP contribution in [0.5, 0.6) is 0 Å². The van der Waals surface area contributed by atoms with E-state index in [1.165, 1.54) is 6.07 Å². The van der Waals surface area contributed by atoms with Crippen molar-refractivity contribution in [1.82, 2.24) is 0 Å². The maximum absolute atomic E-state index is 10.9. The molecule has 1 N–H and O–H groups in total. The van der Waals surface area contributed by atoms with Crippen LogP contribution in [0.3, 0.4) is 0 Å². The van der Waals surface area contributed by atoms with Crippen LogP contribution in [0.4, 0.5) is 11.4 Å². The van der Waals surface area contributed by atoms with Crippen molar-refractivity contribution in [2.75, 3.05) is 5.32 Å². The molecule has 0 heterocycles. The van der Waals surface area contributed by atoms with Crippen LogP contribution in [0, 0.1) is 10.1 Å². The van der Waals surface area contributed by atoms with Gasteiger partial charge >= 0.3 is 0 Å². The maximum Gasteiger partial charge on any atom is 0.283 e. The van der Waals surface area contributed by atoms with Gasteiger partial charge in [-0.05, 0) is 45.8 Å². The van der Waals surface area contributed by atoms with E-state index in [1.807, 2.05) is 0 Å². The van der Waals surface area contributed by atoms with Crippen LogP contribution in [0.2, 0.25) is 10.0 Å². The topological polar surface area (TPSA) is 55.2 Å². The van der Waals surface area contributed by atoms with Crippen molar-refractivity contribution in [2.45, 2.75) is 6.54 Å². The number of halogens is 3. The van der Waals surface area contributed by atoms with Gasteiger partial charge in [0.2, 0.25) is 0 Å². The van der Waals surface area contributed by atoms with E-state index in [-0.39, 0.29) is 5.69 Å². The van der Waals surface area contributed by atoms with Gasteiger partial charge in [-0.2, -0.15) is 0 Å². The Morgan fingerprint density at radius 3 is 2.65 bits per heavy atom. The minimum absolute atomic E-state index is 0.0292. The molecular weight excluding hydrogens is 367 g/mol. The Labute approximate surface area is 134 Å². The molecule has 0 bridgehead atoms. The first-order valence-electron chi connectivity index (χ1n) is 5.59. The molecule has 104 valence electrons. The van der Waals surface area contributed by atoms with Crippen molar-refractivity contribution in [3.63, 3.8) is 0 Å². The fourth-order valence-corrected chi connectivity index (χ4v) is 2.39. The van der Waals surface area contributed by atoms with E-state index in [9.17, 15) is 10.1 Å². The molecule has 2 rings (SSSR count). The van der Waals surface area contributed by atoms with Crippen LogP contribution in [-0.2, 0) is 6.54 Å². The standard InChI is InChI=1S/C13H9BrCl2N2O2/c14-10-3-1-8(5-13(10)18(19)20)7-17-12-6-9(15)2-4-11(12)16/h1-6,17H,7H2. The van der Waals surface area contributed by atoms with Gasteiger partial charge in [0, 0.05) is 17.6 Å². The molecule has 0 saturated carbocycles. The Morgan fingerprint density at radius 1 is 1.20 bits per heavy atom. The zero-order valence-corrected chi connectivity index (χ0v) is 13.2. The van der Waals surface area contributed by atoms with E-state index < -0.39 is 4.92 Å². The molecule has 0 aliphatic heterocycles. The zero-order valence-electron chi connectivity index (χ0n) is 10.1. The predicted molar refractivity (Wildman–Crippen MR) is 84.6 cm³/mol. The molecule has 0 aliphatic rings. The molecule has 0 unspecified atom stereocenters. The van der Waals surface area contributed by atoms with Crippen LogP contribution in [0.1, 0.15) is 5.56 Å². The Hall–Kier alpha value is -1.30. The summed E-state index contributed by atoms with van der Waals surface area (Å²) in [6.45, 7) is 0.411. The van der Waals surface area contributed by atoms with Gasteiger partial charge in [0.25, 0.3) is 5.69 Å². The molecule has 0 fully saturated rings. The number of nitrogens with zero attached hydrogens (tertiary/aromatic N) is 1. The minimum Gasteiger partial charge on any atom is -0.380 e. The number of nitro benzene ring substituents is 1. The summed E-state index contributed by atoms with van der Waals surface area (Å²) in [7, 11) is 0. The first kappa shape index (κ1) is 15.1. The Kier molecular flexibility index (Phi) is 4.86. The fourth-order valence-electron chi connectivity index (χ4n) is 1.64. The van der Waals surface area contributed by atoms with Crippen LogP contribution < -0.4 is 5.32 Å². The number of nitro groups is 1. The normalized spacial score (nSPS) is 10.3. The van der Waals surface area contributed by atoms with E-state index in [0.29, 0.717) is 26.8 Å². The van der Waals surface area contributed by atoms with Crippen molar-refractivity contribution < 1.29 is 4.92 Å². The lowest BCUT2D eigenvalue weighted by Gasteiger charge is -2.09. The first-order chi connectivity index (χ1) is 9.47. The van der Waals surface area contributed by atoms with Gasteiger partial charge in [-0.15, -0.1) is 0 Å². The molecule has 0 spiro atoms. The molecule has 20 heavy (non-hydrogen) atoms. The highest BCUT2D eigenvalue weighted by molar-refractivity contribution is 9.10. The molecule has 0 radical (unpaired) electrons. The monoisotopic (exact) mass is 374 g/mol. The summed E-state index contributed by atoms with van der Waals surface area (Å²) in [6.07, 6.45) is 0. The first-order valence-corrected chi connectivity index (χ1v) is 7.14. The molecule has 2 aromatic rings. The summed E-state index contributed by atoms with van der Waals surface area (Å²) in [5, 5.41) is 15.1. The van der Waals surface area contributed by atoms with E-state index in [1.54, 1.807) is 30.3 Å². The second kappa shape index (κ2) is 6.43. The maximum atomic E-state index is 10.9. The third-order valence-electron chi connectivity index (χ3n) is 2.62. The van der Waals surface area contributed by atoms with E-state index in [0.717, 1.165) is 5.56 Å². The molecular formula is C13H9BrCl2N2O2. The SMILES string of the molecule is O=[N+]([O-])c1cc(CNc2cc(Cl)ccc2Cl)ccc1Br.